The van der Waals surface area contributed by atoms with Gasteiger partial charge in [0.05, 0.1) is 10.8 Å². The van der Waals surface area contributed by atoms with Crippen LogP contribution in [0.15, 0.2) is 24.3 Å². The predicted octanol–water partition coefficient (Wildman–Crippen LogP) is 3.77. The average Bonchev–Trinajstić information content (AvgIpc) is 2.75. The van der Waals surface area contributed by atoms with Crippen LogP contribution >= 0.6 is 0 Å². The van der Waals surface area contributed by atoms with Crippen molar-refractivity contribution in [2.45, 2.75) is 50.4 Å². The minimum Gasteiger partial charge on any atom is -0.504 e. The van der Waals surface area contributed by atoms with E-state index >= 15 is 0 Å². The zero-order chi connectivity index (χ0) is 19.1. The highest BCUT2D eigenvalue weighted by atomic mass is 16.3. The van der Waals surface area contributed by atoms with E-state index < -0.39 is 10.8 Å². The molecule has 2 aromatic carbocycles. The van der Waals surface area contributed by atoms with Crippen LogP contribution in [0.2, 0.25) is 0 Å². The Kier molecular flexibility index (Phi) is 2.99. The van der Waals surface area contributed by atoms with Gasteiger partial charge < -0.3 is 20.4 Å². The third-order valence-corrected chi connectivity index (χ3v) is 5.85. The van der Waals surface area contributed by atoms with E-state index in [1.54, 1.807) is 24.3 Å². The second kappa shape index (κ2) is 4.67. The van der Waals surface area contributed by atoms with Crippen molar-refractivity contribution in [3.8, 4) is 34.8 Å². The van der Waals surface area contributed by atoms with Gasteiger partial charge in [-0.2, -0.15) is 0 Å². The van der Waals surface area contributed by atoms with Crippen LogP contribution in [0.1, 0.15) is 56.4 Å². The molecular formula is C22H22O4. The van der Waals surface area contributed by atoms with Crippen molar-refractivity contribution < 1.29 is 20.4 Å². The average molecular weight is 350 g/mol. The summed E-state index contributed by atoms with van der Waals surface area (Å²) >= 11 is 0. The number of phenols is 4. The van der Waals surface area contributed by atoms with Gasteiger partial charge in [-0.1, -0.05) is 25.7 Å². The van der Waals surface area contributed by atoms with Gasteiger partial charge in [0.2, 0.25) is 0 Å². The molecule has 1 spiro atoms. The number of benzene rings is 2. The summed E-state index contributed by atoms with van der Waals surface area (Å²) in [6, 6.07) is 6.38. The quantitative estimate of drug-likeness (QED) is 0.431. The fourth-order valence-corrected chi connectivity index (χ4v) is 4.54. The number of rotatable bonds is 0. The van der Waals surface area contributed by atoms with E-state index in [0.29, 0.717) is 6.42 Å². The Labute approximate surface area is 152 Å². The van der Waals surface area contributed by atoms with Gasteiger partial charge in [0.25, 0.3) is 0 Å². The van der Waals surface area contributed by atoms with E-state index in [1.807, 2.05) is 13.8 Å². The summed E-state index contributed by atoms with van der Waals surface area (Å²) in [6.07, 6.45) is 0.651. The number of hydrogen-bond donors (Lipinski definition) is 4. The molecule has 2 aliphatic rings. The first-order chi connectivity index (χ1) is 12.0. The summed E-state index contributed by atoms with van der Waals surface area (Å²) < 4.78 is 0. The Morgan fingerprint density at radius 3 is 1.62 bits per heavy atom. The van der Waals surface area contributed by atoms with Crippen molar-refractivity contribution in [2.75, 3.05) is 0 Å². The highest BCUT2D eigenvalue weighted by molar-refractivity contribution is 5.68. The van der Waals surface area contributed by atoms with Crippen molar-refractivity contribution >= 4 is 0 Å². The normalized spacial score (nSPS) is 23.8. The van der Waals surface area contributed by atoms with E-state index in [4.69, 9.17) is 0 Å². The minimum absolute atomic E-state index is 0.147. The van der Waals surface area contributed by atoms with Gasteiger partial charge in [-0.25, -0.2) is 0 Å². The summed E-state index contributed by atoms with van der Waals surface area (Å²) in [7, 11) is 0. The van der Waals surface area contributed by atoms with Gasteiger partial charge in [0.1, 0.15) is 0 Å². The monoisotopic (exact) mass is 350 g/mol. The first kappa shape index (κ1) is 16.7. The van der Waals surface area contributed by atoms with E-state index in [9.17, 15) is 20.4 Å². The Balaban J connectivity index is 2.12. The summed E-state index contributed by atoms with van der Waals surface area (Å²) in [5.74, 6) is 6.05. The number of fused-ring (bicyclic) bond motifs is 4. The molecule has 2 aliphatic carbocycles. The molecule has 134 valence electrons. The maximum absolute atomic E-state index is 10.2. The lowest BCUT2D eigenvalue weighted by Crippen LogP contribution is -2.34. The lowest BCUT2D eigenvalue weighted by Gasteiger charge is -2.37. The van der Waals surface area contributed by atoms with Crippen LogP contribution in [0.4, 0.5) is 0 Å². The van der Waals surface area contributed by atoms with E-state index in [2.05, 4.69) is 25.7 Å². The summed E-state index contributed by atoms with van der Waals surface area (Å²) in [5.41, 5.74) is 2.02. The van der Waals surface area contributed by atoms with Crippen LogP contribution in [0, 0.1) is 11.8 Å². The van der Waals surface area contributed by atoms with Crippen molar-refractivity contribution in [1.29, 1.82) is 0 Å². The molecule has 4 nitrogen and oxygen atoms in total. The van der Waals surface area contributed by atoms with Gasteiger partial charge in [-0.3, -0.25) is 0 Å². The van der Waals surface area contributed by atoms with E-state index in [1.165, 1.54) is 0 Å². The molecule has 0 saturated heterocycles. The second-order valence-corrected chi connectivity index (χ2v) is 8.61. The highest BCUT2D eigenvalue weighted by Crippen LogP contribution is 2.58. The van der Waals surface area contributed by atoms with Crippen molar-refractivity contribution in [3.63, 3.8) is 0 Å². The smallest absolute Gasteiger partial charge is 0.157 e. The van der Waals surface area contributed by atoms with E-state index in [-0.39, 0.29) is 28.4 Å². The maximum atomic E-state index is 10.2. The standard InChI is InChI=1S/C22H22O4/c1-20(2)5-6-22(14-9-18(25)16(23)7-12(14)20)11-21(3,4)13-8-17(24)19(26)10-15(13)22/h7-10,23-26H,11H2,1-4H3. The minimum atomic E-state index is -0.708. The predicted molar refractivity (Wildman–Crippen MR) is 98.8 cm³/mol. The highest BCUT2D eigenvalue weighted by Gasteiger charge is 2.52. The van der Waals surface area contributed by atoms with Gasteiger partial charge >= 0.3 is 0 Å². The molecule has 26 heavy (non-hydrogen) atoms. The van der Waals surface area contributed by atoms with Crippen LogP contribution in [-0.2, 0) is 16.2 Å². The maximum Gasteiger partial charge on any atom is 0.157 e. The number of phenolic OH excluding ortho intramolecular Hbond substituents is 4. The van der Waals surface area contributed by atoms with Crippen LogP contribution < -0.4 is 0 Å². The molecular weight excluding hydrogens is 328 g/mol. The van der Waals surface area contributed by atoms with Crippen molar-refractivity contribution in [1.82, 2.24) is 0 Å². The number of hydrogen-bond acceptors (Lipinski definition) is 4. The molecule has 0 amide bonds. The molecule has 1 atom stereocenters. The lowest BCUT2D eigenvalue weighted by molar-refractivity contribution is 0.397. The lowest BCUT2D eigenvalue weighted by atomic mass is 9.64. The molecule has 4 N–H and O–H groups in total. The largest absolute Gasteiger partial charge is 0.504 e. The molecule has 0 fully saturated rings. The fourth-order valence-electron chi connectivity index (χ4n) is 4.54. The van der Waals surface area contributed by atoms with Crippen LogP contribution in [0.3, 0.4) is 0 Å². The fraction of sp³-hybridized carbons (Fsp3) is 0.364. The molecule has 0 saturated carbocycles. The molecule has 1 unspecified atom stereocenters. The topological polar surface area (TPSA) is 80.9 Å². The Hall–Kier alpha value is -2.80. The SMILES string of the molecule is CC1(C)C#CC2(CC(C)(C)c3cc(O)c(O)cc32)c2cc(O)c(O)cc21. The summed E-state index contributed by atoms with van der Waals surface area (Å²) in [5, 5.41) is 40.4. The van der Waals surface area contributed by atoms with Gasteiger partial charge in [0.15, 0.2) is 23.0 Å². The number of aromatic hydroxyl groups is 4. The van der Waals surface area contributed by atoms with Gasteiger partial charge in [-0.05, 0) is 72.2 Å². The molecule has 0 aromatic heterocycles. The van der Waals surface area contributed by atoms with Crippen molar-refractivity contribution in [3.05, 3.63) is 46.5 Å². The Morgan fingerprint density at radius 2 is 1.08 bits per heavy atom. The third kappa shape index (κ3) is 1.97. The Morgan fingerprint density at radius 1 is 0.654 bits per heavy atom. The molecule has 0 aliphatic heterocycles. The second-order valence-electron chi connectivity index (χ2n) is 8.61. The zero-order valence-corrected chi connectivity index (χ0v) is 15.3. The van der Waals surface area contributed by atoms with Crippen LogP contribution in [0.5, 0.6) is 23.0 Å². The summed E-state index contributed by atoms with van der Waals surface area (Å²) in [6.45, 7) is 8.13. The molecule has 0 bridgehead atoms. The molecule has 2 aromatic rings. The molecule has 0 heterocycles. The van der Waals surface area contributed by atoms with E-state index in [0.717, 1.165) is 22.3 Å². The first-order valence-corrected chi connectivity index (χ1v) is 8.66. The molecule has 4 heteroatoms. The van der Waals surface area contributed by atoms with Crippen molar-refractivity contribution in [2.24, 2.45) is 0 Å². The molecule has 4 rings (SSSR count). The van der Waals surface area contributed by atoms with Crippen LogP contribution in [-0.4, -0.2) is 20.4 Å². The zero-order valence-electron chi connectivity index (χ0n) is 15.3. The Bertz CT molecular complexity index is 1020. The summed E-state index contributed by atoms with van der Waals surface area (Å²) in [4.78, 5) is 0. The van der Waals surface area contributed by atoms with Gasteiger partial charge in [-0.15, -0.1) is 0 Å². The van der Waals surface area contributed by atoms with Gasteiger partial charge in [0, 0.05) is 0 Å². The van der Waals surface area contributed by atoms with Crippen LogP contribution in [0.25, 0.3) is 0 Å². The first-order valence-electron chi connectivity index (χ1n) is 8.66. The third-order valence-electron chi connectivity index (χ3n) is 5.85. The molecule has 0 radical (unpaired) electrons.